The fraction of sp³-hybridized carbons (Fsp3) is 0.393. The van der Waals surface area contributed by atoms with E-state index in [9.17, 15) is 23.4 Å². The number of hydrogen-bond acceptors (Lipinski definition) is 6. The van der Waals surface area contributed by atoms with Gasteiger partial charge in [0, 0.05) is 17.5 Å². The standard InChI is InChI=1S/C28H33NO6S/c1-18(2)26(25-27(31)21-14-8-3-4-9-15-22(21)35-28(25)32)29-36(33,34)23-16-10-13-20(17-30)24(23)19-11-6-5-7-12-19/h5-7,10-13,16,18,26,29-31H,3-4,8-9,14-15,17H2,1-2H3. The molecule has 7 nitrogen and oxygen atoms in total. The Morgan fingerprint density at radius 1 is 0.972 bits per heavy atom. The van der Waals surface area contributed by atoms with Crippen LogP contribution < -0.4 is 10.3 Å². The second-order valence-corrected chi connectivity index (χ2v) is 11.3. The molecule has 1 aliphatic carbocycles. The summed E-state index contributed by atoms with van der Waals surface area (Å²) in [5.74, 6) is -0.0355. The van der Waals surface area contributed by atoms with Crippen molar-refractivity contribution in [3.8, 4) is 16.9 Å². The molecule has 1 heterocycles. The second-order valence-electron chi connectivity index (χ2n) is 9.63. The van der Waals surface area contributed by atoms with Gasteiger partial charge in [0.25, 0.3) is 0 Å². The van der Waals surface area contributed by atoms with Crippen LogP contribution in [0, 0.1) is 5.92 Å². The maximum absolute atomic E-state index is 13.8. The van der Waals surface area contributed by atoms with E-state index in [1.807, 2.05) is 6.07 Å². The minimum Gasteiger partial charge on any atom is -0.507 e. The highest BCUT2D eigenvalue weighted by molar-refractivity contribution is 7.89. The molecule has 0 spiro atoms. The highest BCUT2D eigenvalue weighted by Gasteiger charge is 2.33. The lowest BCUT2D eigenvalue weighted by Crippen LogP contribution is -2.35. The van der Waals surface area contributed by atoms with Gasteiger partial charge in [-0.15, -0.1) is 0 Å². The minimum atomic E-state index is -4.18. The fourth-order valence-electron chi connectivity index (χ4n) is 4.92. The molecule has 0 amide bonds. The zero-order valence-corrected chi connectivity index (χ0v) is 21.5. The van der Waals surface area contributed by atoms with Gasteiger partial charge in [0.05, 0.1) is 23.1 Å². The van der Waals surface area contributed by atoms with Crippen molar-refractivity contribution in [2.24, 2.45) is 5.92 Å². The number of aliphatic hydroxyl groups excluding tert-OH is 1. The number of aromatic hydroxyl groups is 1. The van der Waals surface area contributed by atoms with Crippen molar-refractivity contribution in [1.29, 1.82) is 0 Å². The maximum atomic E-state index is 13.8. The van der Waals surface area contributed by atoms with Gasteiger partial charge in [0.1, 0.15) is 11.5 Å². The van der Waals surface area contributed by atoms with Crippen molar-refractivity contribution in [1.82, 2.24) is 4.72 Å². The maximum Gasteiger partial charge on any atom is 0.344 e. The molecule has 0 fully saturated rings. The van der Waals surface area contributed by atoms with E-state index in [1.54, 1.807) is 50.2 Å². The number of aliphatic hydroxyl groups is 1. The largest absolute Gasteiger partial charge is 0.507 e. The zero-order valence-electron chi connectivity index (χ0n) is 20.7. The first kappa shape index (κ1) is 26.1. The Morgan fingerprint density at radius 2 is 1.67 bits per heavy atom. The predicted octanol–water partition coefficient (Wildman–Crippen LogP) is 4.84. The van der Waals surface area contributed by atoms with E-state index in [0.29, 0.717) is 40.9 Å². The van der Waals surface area contributed by atoms with Crippen molar-refractivity contribution in [3.05, 3.63) is 81.4 Å². The van der Waals surface area contributed by atoms with Crippen LogP contribution in [-0.4, -0.2) is 18.6 Å². The Labute approximate surface area is 211 Å². The Bertz CT molecular complexity index is 1380. The first-order valence-electron chi connectivity index (χ1n) is 12.4. The Balaban J connectivity index is 1.82. The van der Waals surface area contributed by atoms with E-state index in [4.69, 9.17) is 4.42 Å². The monoisotopic (exact) mass is 511 g/mol. The van der Waals surface area contributed by atoms with Crippen molar-refractivity contribution in [2.45, 2.75) is 69.9 Å². The van der Waals surface area contributed by atoms with E-state index in [2.05, 4.69) is 4.72 Å². The van der Waals surface area contributed by atoms with Crippen molar-refractivity contribution in [3.63, 3.8) is 0 Å². The molecule has 0 aliphatic heterocycles. The van der Waals surface area contributed by atoms with Crippen molar-refractivity contribution < 1.29 is 23.0 Å². The first-order chi connectivity index (χ1) is 17.2. The highest BCUT2D eigenvalue weighted by Crippen LogP contribution is 2.36. The summed E-state index contributed by atoms with van der Waals surface area (Å²) in [5, 5.41) is 21.2. The average molecular weight is 512 g/mol. The molecule has 4 rings (SSSR count). The molecule has 1 unspecified atom stereocenters. The summed E-state index contributed by atoms with van der Waals surface area (Å²) >= 11 is 0. The number of aryl methyl sites for hydroxylation is 1. The SMILES string of the molecule is CC(C)C(NS(=O)(=O)c1cccc(CO)c1-c1ccccc1)c1c(O)c2c(oc1=O)CCCCCC2. The molecule has 8 heteroatoms. The Morgan fingerprint density at radius 3 is 2.33 bits per heavy atom. The van der Waals surface area contributed by atoms with Crippen LogP contribution in [0.5, 0.6) is 5.75 Å². The van der Waals surface area contributed by atoms with Gasteiger partial charge in [-0.2, -0.15) is 0 Å². The number of sulfonamides is 1. The normalized spacial score (nSPS) is 15.2. The second kappa shape index (κ2) is 11.0. The number of rotatable bonds is 7. The molecule has 192 valence electrons. The molecule has 0 saturated heterocycles. The van der Waals surface area contributed by atoms with E-state index < -0.39 is 21.7 Å². The first-order valence-corrected chi connectivity index (χ1v) is 13.9. The number of hydrogen-bond donors (Lipinski definition) is 3. The smallest absolute Gasteiger partial charge is 0.344 e. The van der Waals surface area contributed by atoms with Crippen molar-refractivity contribution in [2.75, 3.05) is 0 Å². The van der Waals surface area contributed by atoms with Crippen LogP contribution in [-0.2, 0) is 29.5 Å². The Hall–Kier alpha value is -2.94. The lowest BCUT2D eigenvalue weighted by atomic mass is 9.92. The zero-order chi connectivity index (χ0) is 25.9. The lowest BCUT2D eigenvalue weighted by Gasteiger charge is -2.25. The summed E-state index contributed by atoms with van der Waals surface area (Å²) in [5.41, 5.74) is 1.32. The Kier molecular flexibility index (Phi) is 7.97. The average Bonchev–Trinajstić information content (AvgIpc) is 2.84. The molecule has 1 aromatic heterocycles. The van der Waals surface area contributed by atoms with Gasteiger partial charge < -0.3 is 14.6 Å². The predicted molar refractivity (Wildman–Crippen MR) is 138 cm³/mol. The molecular weight excluding hydrogens is 478 g/mol. The van der Waals surface area contributed by atoms with Crippen LogP contribution in [0.4, 0.5) is 0 Å². The van der Waals surface area contributed by atoms with Gasteiger partial charge in [-0.25, -0.2) is 17.9 Å². The summed E-state index contributed by atoms with van der Waals surface area (Å²) in [4.78, 5) is 13.1. The summed E-state index contributed by atoms with van der Waals surface area (Å²) < 4.78 is 35.9. The van der Waals surface area contributed by atoms with Gasteiger partial charge in [-0.05, 0) is 42.4 Å². The number of fused-ring (bicyclic) bond motifs is 1. The lowest BCUT2D eigenvalue weighted by molar-refractivity contribution is 0.282. The summed E-state index contributed by atoms with van der Waals surface area (Å²) in [7, 11) is -4.18. The number of nitrogens with one attached hydrogen (secondary N) is 1. The fourth-order valence-corrected chi connectivity index (χ4v) is 6.55. The van der Waals surface area contributed by atoms with Crippen LogP contribution in [0.2, 0.25) is 0 Å². The summed E-state index contributed by atoms with van der Waals surface area (Å²) in [6, 6.07) is 12.7. The molecule has 0 saturated carbocycles. The third-order valence-corrected chi connectivity index (χ3v) is 8.27. The molecular formula is C28H33NO6S. The van der Waals surface area contributed by atoms with Gasteiger partial charge in [-0.3, -0.25) is 0 Å². The van der Waals surface area contributed by atoms with Gasteiger partial charge in [0.2, 0.25) is 10.0 Å². The molecule has 1 atom stereocenters. The quantitative estimate of drug-likeness (QED) is 0.418. The van der Waals surface area contributed by atoms with Crippen LogP contribution in [0.25, 0.3) is 11.1 Å². The van der Waals surface area contributed by atoms with E-state index in [-0.39, 0.29) is 28.7 Å². The molecule has 3 N–H and O–H groups in total. The van der Waals surface area contributed by atoms with Crippen LogP contribution in [0.15, 0.2) is 62.6 Å². The van der Waals surface area contributed by atoms with Gasteiger partial charge in [-0.1, -0.05) is 69.2 Å². The number of benzene rings is 2. The summed E-state index contributed by atoms with van der Waals surface area (Å²) in [6.45, 7) is 3.23. The van der Waals surface area contributed by atoms with Crippen LogP contribution in [0.3, 0.4) is 0 Å². The van der Waals surface area contributed by atoms with E-state index in [1.165, 1.54) is 6.07 Å². The van der Waals surface area contributed by atoms with Crippen LogP contribution >= 0.6 is 0 Å². The third kappa shape index (κ3) is 5.26. The van der Waals surface area contributed by atoms with Crippen molar-refractivity contribution >= 4 is 10.0 Å². The third-order valence-electron chi connectivity index (χ3n) is 6.79. The van der Waals surface area contributed by atoms with Crippen LogP contribution in [0.1, 0.15) is 68.0 Å². The molecule has 2 aromatic carbocycles. The van der Waals surface area contributed by atoms with Gasteiger partial charge in [0.15, 0.2) is 0 Å². The minimum absolute atomic E-state index is 0.0129. The molecule has 0 bridgehead atoms. The summed E-state index contributed by atoms with van der Waals surface area (Å²) in [6.07, 6.45) is 4.95. The highest BCUT2D eigenvalue weighted by atomic mass is 32.2. The molecule has 3 aromatic rings. The molecule has 1 aliphatic rings. The van der Waals surface area contributed by atoms with Gasteiger partial charge >= 0.3 is 5.63 Å². The van der Waals surface area contributed by atoms with E-state index >= 15 is 0 Å². The topological polar surface area (TPSA) is 117 Å². The molecule has 0 radical (unpaired) electrons. The van der Waals surface area contributed by atoms with E-state index in [0.717, 1.165) is 25.7 Å². The molecule has 36 heavy (non-hydrogen) atoms.